The van der Waals surface area contributed by atoms with E-state index in [1.807, 2.05) is 12.3 Å². The summed E-state index contributed by atoms with van der Waals surface area (Å²) < 4.78 is 0. The lowest BCUT2D eigenvalue weighted by molar-refractivity contribution is 0.0877. The molecule has 2 unspecified atom stereocenters. The van der Waals surface area contributed by atoms with Gasteiger partial charge in [0.15, 0.2) is 0 Å². The molecule has 5 heteroatoms. The third-order valence-electron chi connectivity index (χ3n) is 3.57. The van der Waals surface area contributed by atoms with Crippen LogP contribution in [0, 0.1) is 12.8 Å². The zero-order valence-corrected chi connectivity index (χ0v) is 12.0. The predicted molar refractivity (Wildman–Crippen MR) is 74.4 cm³/mol. The summed E-state index contributed by atoms with van der Waals surface area (Å²) in [5.41, 5.74) is 0.939. The van der Waals surface area contributed by atoms with Gasteiger partial charge < -0.3 is 10.4 Å². The lowest BCUT2D eigenvalue weighted by Gasteiger charge is -2.30. The van der Waals surface area contributed by atoms with Gasteiger partial charge in [-0.15, -0.1) is 11.3 Å². The maximum Gasteiger partial charge on any atom is 0.263 e. The van der Waals surface area contributed by atoms with E-state index in [0.29, 0.717) is 9.90 Å². The molecule has 0 aliphatic heterocycles. The average Bonchev–Trinajstić information content (AvgIpc) is 2.71. The van der Waals surface area contributed by atoms with Gasteiger partial charge in [-0.3, -0.25) is 4.79 Å². The Labute approximate surface area is 116 Å². The van der Waals surface area contributed by atoms with Crippen LogP contribution in [0.25, 0.3) is 0 Å². The van der Waals surface area contributed by atoms with Gasteiger partial charge in [-0.25, -0.2) is 0 Å². The summed E-state index contributed by atoms with van der Waals surface area (Å²) in [6, 6.07) is 0.0784. The number of hydrogen-bond donors (Lipinski definition) is 2. The lowest BCUT2D eigenvalue weighted by atomic mass is 9.85. The van der Waals surface area contributed by atoms with E-state index in [2.05, 4.69) is 5.32 Å². The summed E-state index contributed by atoms with van der Waals surface area (Å²) in [6.45, 7) is 2.04. The van der Waals surface area contributed by atoms with Gasteiger partial charge in [-0.2, -0.15) is 0 Å². The highest BCUT2D eigenvalue weighted by molar-refractivity contribution is 7.13. The number of halogens is 1. The second kappa shape index (κ2) is 6.04. The number of aryl methyl sites for hydroxylation is 1. The Kier molecular flexibility index (Phi) is 4.65. The molecule has 0 spiro atoms. The summed E-state index contributed by atoms with van der Waals surface area (Å²) in [6.07, 6.45) is 4.17. The van der Waals surface area contributed by atoms with Crippen molar-refractivity contribution in [2.75, 3.05) is 6.61 Å². The Bertz CT molecular complexity index is 433. The van der Waals surface area contributed by atoms with Gasteiger partial charge in [-0.1, -0.05) is 24.4 Å². The van der Waals surface area contributed by atoms with E-state index >= 15 is 0 Å². The van der Waals surface area contributed by atoms with Crippen LogP contribution in [0.2, 0.25) is 5.02 Å². The first-order valence-corrected chi connectivity index (χ1v) is 7.54. The number of hydrogen-bond acceptors (Lipinski definition) is 3. The Morgan fingerprint density at radius 3 is 2.89 bits per heavy atom. The quantitative estimate of drug-likeness (QED) is 0.898. The van der Waals surface area contributed by atoms with E-state index < -0.39 is 0 Å². The molecule has 0 aromatic carbocycles. The molecule has 3 nitrogen and oxygen atoms in total. The Balaban J connectivity index is 2.04. The number of rotatable bonds is 3. The Morgan fingerprint density at radius 2 is 2.28 bits per heavy atom. The van der Waals surface area contributed by atoms with Gasteiger partial charge in [-0.05, 0) is 30.7 Å². The third kappa shape index (κ3) is 2.87. The molecule has 0 radical (unpaired) electrons. The van der Waals surface area contributed by atoms with E-state index in [9.17, 15) is 9.90 Å². The van der Waals surface area contributed by atoms with Crippen molar-refractivity contribution in [2.24, 2.45) is 5.92 Å². The topological polar surface area (TPSA) is 49.3 Å². The molecule has 1 aromatic rings. The molecule has 100 valence electrons. The number of carbonyl (C=O) groups is 1. The molecule has 2 N–H and O–H groups in total. The van der Waals surface area contributed by atoms with Gasteiger partial charge in [0.25, 0.3) is 5.91 Å². The number of aliphatic hydroxyl groups excluding tert-OH is 1. The molecule has 1 amide bonds. The van der Waals surface area contributed by atoms with Crippen molar-refractivity contribution in [2.45, 2.75) is 38.6 Å². The van der Waals surface area contributed by atoms with Crippen LogP contribution in [0.4, 0.5) is 0 Å². The molecular weight excluding hydrogens is 270 g/mol. The number of thiophene rings is 1. The lowest BCUT2D eigenvalue weighted by Crippen LogP contribution is -2.43. The summed E-state index contributed by atoms with van der Waals surface area (Å²) >= 11 is 7.47. The first kappa shape index (κ1) is 13.8. The zero-order valence-electron chi connectivity index (χ0n) is 10.4. The van der Waals surface area contributed by atoms with Crippen molar-refractivity contribution in [3.8, 4) is 0 Å². The fourth-order valence-corrected chi connectivity index (χ4v) is 3.61. The fourth-order valence-electron chi connectivity index (χ4n) is 2.43. The summed E-state index contributed by atoms with van der Waals surface area (Å²) in [5, 5.41) is 14.8. The molecule has 18 heavy (non-hydrogen) atoms. The summed E-state index contributed by atoms with van der Waals surface area (Å²) in [5.74, 6) is 0.0750. The maximum atomic E-state index is 12.1. The van der Waals surface area contributed by atoms with Crippen LogP contribution in [-0.2, 0) is 0 Å². The molecule has 1 saturated carbocycles. The second-order valence-corrected chi connectivity index (χ2v) is 6.13. The van der Waals surface area contributed by atoms with Crippen LogP contribution in [0.1, 0.15) is 40.9 Å². The standard InChI is InChI=1S/C13H18ClNO2S/c1-8-7-18-12(11(8)14)13(17)15-10-5-3-2-4-9(10)6-16/h7,9-10,16H,2-6H2,1H3,(H,15,17). The average molecular weight is 288 g/mol. The highest BCUT2D eigenvalue weighted by atomic mass is 35.5. The molecule has 2 atom stereocenters. The van der Waals surface area contributed by atoms with E-state index in [4.69, 9.17) is 11.6 Å². The van der Waals surface area contributed by atoms with Gasteiger partial charge >= 0.3 is 0 Å². The monoisotopic (exact) mass is 287 g/mol. The smallest absolute Gasteiger partial charge is 0.263 e. The number of amides is 1. The third-order valence-corrected chi connectivity index (χ3v) is 5.26. The van der Waals surface area contributed by atoms with Gasteiger partial charge in [0.1, 0.15) is 4.88 Å². The van der Waals surface area contributed by atoms with Crippen molar-refractivity contribution in [1.29, 1.82) is 0 Å². The number of nitrogens with one attached hydrogen (secondary N) is 1. The summed E-state index contributed by atoms with van der Waals surface area (Å²) in [4.78, 5) is 12.7. The van der Waals surface area contributed by atoms with Crippen LogP contribution in [0.5, 0.6) is 0 Å². The van der Waals surface area contributed by atoms with E-state index in [1.54, 1.807) is 0 Å². The molecule has 1 aliphatic carbocycles. The van der Waals surface area contributed by atoms with Crippen molar-refractivity contribution < 1.29 is 9.90 Å². The minimum absolute atomic E-state index is 0.0784. The molecule has 1 aliphatic rings. The minimum atomic E-state index is -0.108. The molecule has 1 fully saturated rings. The molecule has 2 rings (SSSR count). The van der Waals surface area contributed by atoms with Gasteiger partial charge in [0, 0.05) is 18.6 Å². The largest absolute Gasteiger partial charge is 0.396 e. The Hall–Kier alpha value is -0.580. The highest BCUT2D eigenvalue weighted by Gasteiger charge is 2.27. The van der Waals surface area contributed by atoms with Crippen LogP contribution >= 0.6 is 22.9 Å². The SMILES string of the molecule is Cc1csc(C(=O)NC2CCCCC2CO)c1Cl. The molecule has 1 aromatic heterocycles. The number of aliphatic hydroxyl groups is 1. The van der Waals surface area contributed by atoms with Crippen molar-refractivity contribution in [1.82, 2.24) is 5.32 Å². The summed E-state index contributed by atoms with van der Waals surface area (Å²) in [7, 11) is 0. The highest BCUT2D eigenvalue weighted by Crippen LogP contribution is 2.29. The van der Waals surface area contributed by atoms with Crippen molar-refractivity contribution >= 4 is 28.8 Å². The van der Waals surface area contributed by atoms with Crippen LogP contribution in [-0.4, -0.2) is 23.7 Å². The predicted octanol–water partition coefficient (Wildman–Crippen LogP) is 2.99. The molecule has 1 heterocycles. The van der Waals surface area contributed by atoms with Crippen LogP contribution in [0.15, 0.2) is 5.38 Å². The second-order valence-electron chi connectivity index (χ2n) is 4.87. The minimum Gasteiger partial charge on any atom is -0.396 e. The zero-order chi connectivity index (χ0) is 13.1. The normalized spacial score (nSPS) is 23.9. The van der Waals surface area contributed by atoms with Gasteiger partial charge in [0.2, 0.25) is 0 Å². The molecule has 0 saturated heterocycles. The van der Waals surface area contributed by atoms with E-state index in [0.717, 1.165) is 31.2 Å². The van der Waals surface area contributed by atoms with Crippen molar-refractivity contribution in [3.63, 3.8) is 0 Å². The van der Waals surface area contributed by atoms with E-state index in [1.165, 1.54) is 11.3 Å². The maximum absolute atomic E-state index is 12.1. The molecule has 0 bridgehead atoms. The first-order valence-electron chi connectivity index (χ1n) is 6.28. The first-order chi connectivity index (χ1) is 8.63. The van der Waals surface area contributed by atoms with Crippen molar-refractivity contribution in [3.05, 3.63) is 20.8 Å². The van der Waals surface area contributed by atoms with Crippen LogP contribution < -0.4 is 5.32 Å². The van der Waals surface area contributed by atoms with Crippen LogP contribution in [0.3, 0.4) is 0 Å². The van der Waals surface area contributed by atoms with E-state index in [-0.39, 0.29) is 24.5 Å². The fraction of sp³-hybridized carbons (Fsp3) is 0.615. The van der Waals surface area contributed by atoms with Gasteiger partial charge in [0.05, 0.1) is 5.02 Å². The molecular formula is C13H18ClNO2S. The number of carbonyl (C=O) groups excluding carboxylic acids is 1. The Morgan fingerprint density at radius 1 is 1.56 bits per heavy atom.